The highest BCUT2D eigenvalue weighted by molar-refractivity contribution is 5.76. The number of aromatic nitrogens is 2. The van der Waals surface area contributed by atoms with Gasteiger partial charge in [0.05, 0.1) is 0 Å². The van der Waals surface area contributed by atoms with Crippen LogP contribution in [0, 0.1) is 5.41 Å². The first-order chi connectivity index (χ1) is 9.85. The van der Waals surface area contributed by atoms with E-state index in [9.17, 15) is 4.79 Å². The highest BCUT2D eigenvalue weighted by atomic mass is 16.5. The normalized spacial score (nSPS) is 13.0. The molecule has 2 rings (SSSR count). The molecule has 0 bridgehead atoms. The first-order valence-corrected chi connectivity index (χ1v) is 7.03. The number of hydrogen-bond acceptors (Lipinski definition) is 4. The average Bonchev–Trinajstić information content (AvgIpc) is 2.87. The summed E-state index contributed by atoms with van der Waals surface area (Å²) in [7, 11) is 0. The molecule has 1 aromatic carbocycles. The number of nitrogens with one attached hydrogen (secondary N) is 1. The highest BCUT2D eigenvalue weighted by Gasteiger charge is 2.21. The first kappa shape index (κ1) is 15.2. The van der Waals surface area contributed by atoms with Crippen molar-refractivity contribution in [3.63, 3.8) is 0 Å². The number of hydrogen-bond donors (Lipinski definition) is 1. The Labute approximate surface area is 124 Å². The summed E-state index contributed by atoms with van der Waals surface area (Å²) in [5.41, 5.74) is 0.842. The molecule has 0 aliphatic heterocycles. The maximum atomic E-state index is 11.9. The Morgan fingerprint density at radius 2 is 1.95 bits per heavy atom. The van der Waals surface area contributed by atoms with Gasteiger partial charge in [0.25, 0.3) is 0 Å². The van der Waals surface area contributed by atoms with Crippen LogP contribution in [-0.4, -0.2) is 16.0 Å². The van der Waals surface area contributed by atoms with Crippen molar-refractivity contribution in [2.24, 2.45) is 5.41 Å². The molecule has 0 aliphatic rings. The summed E-state index contributed by atoms with van der Waals surface area (Å²) in [5.74, 6) is 0.924. The molecule has 1 amide bonds. The molecule has 0 radical (unpaired) electrons. The van der Waals surface area contributed by atoms with Crippen molar-refractivity contribution < 1.29 is 9.32 Å². The third-order valence-corrected chi connectivity index (χ3v) is 2.91. The zero-order chi connectivity index (χ0) is 15.5. The standard InChI is InChI=1S/C16H21N3O2/c1-11(17-13(20)10-16(2,3)4)15-18-14(19-21-15)12-8-6-5-7-9-12/h5-9,11H,10H2,1-4H3,(H,17,20)/t11-/m1/s1. The van der Waals surface area contributed by atoms with Gasteiger partial charge in [0.15, 0.2) is 0 Å². The number of benzene rings is 1. The second-order valence-corrected chi connectivity index (χ2v) is 6.35. The molecule has 5 heteroatoms. The summed E-state index contributed by atoms with van der Waals surface area (Å²) < 4.78 is 5.24. The molecule has 0 unspecified atom stereocenters. The van der Waals surface area contributed by atoms with Crippen molar-refractivity contribution in [3.05, 3.63) is 36.2 Å². The Bertz CT molecular complexity index is 599. The molecule has 0 spiro atoms. The van der Waals surface area contributed by atoms with Gasteiger partial charge >= 0.3 is 0 Å². The van der Waals surface area contributed by atoms with Crippen LogP contribution in [0.3, 0.4) is 0 Å². The highest BCUT2D eigenvalue weighted by Crippen LogP contribution is 2.21. The summed E-state index contributed by atoms with van der Waals surface area (Å²) in [4.78, 5) is 16.3. The minimum atomic E-state index is -0.301. The Balaban J connectivity index is 2.03. The van der Waals surface area contributed by atoms with Crippen LogP contribution in [0.2, 0.25) is 0 Å². The van der Waals surface area contributed by atoms with E-state index in [-0.39, 0.29) is 17.4 Å². The van der Waals surface area contributed by atoms with E-state index in [1.54, 1.807) is 0 Å². The predicted molar refractivity (Wildman–Crippen MR) is 80.4 cm³/mol. The molecule has 1 atom stereocenters. The molecule has 0 saturated carbocycles. The fourth-order valence-corrected chi connectivity index (χ4v) is 1.95. The largest absolute Gasteiger partial charge is 0.345 e. The van der Waals surface area contributed by atoms with Crippen LogP contribution in [0.15, 0.2) is 34.9 Å². The Hall–Kier alpha value is -2.17. The van der Waals surface area contributed by atoms with E-state index in [1.807, 2.05) is 58.0 Å². The maximum Gasteiger partial charge on any atom is 0.249 e. The third kappa shape index (κ3) is 4.41. The SMILES string of the molecule is C[C@@H](NC(=O)CC(C)(C)C)c1nc(-c2ccccc2)no1. The molecule has 1 N–H and O–H groups in total. The monoisotopic (exact) mass is 287 g/mol. The molecule has 0 saturated heterocycles. The van der Waals surface area contributed by atoms with E-state index in [0.717, 1.165) is 5.56 Å². The van der Waals surface area contributed by atoms with Crippen LogP contribution in [0.5, 0.6) is 0 Å². The van der Waals surface area contributed by atoms with Crippen LogP contribution in [0.25, 0.3) is 11.4 Å². The van der Waals surface area contributed by atoms with Crippen LogP contribution in [0.4, 0.5) is 0 Å². The zero-order valence-corrected chi connectivity index (χ0v) is 12.9. The molecule has 0 fully saturated rings. The quantitative estimate of drug-likeness (QED) is 0.936. The Morgan fingerprint density at radius 1 is 1.29 bits per heavy atom. The number of amides is 1. The second kappa shape index (κ2) is 6.08. The molecule has 0 aliphatic carbocycles. The van der Waals surface area contributed by atoms with Gasteiger partial charge in [-0.1, -0.05) is 56.3 Å². The smallest absolute Gasteiger partial charge is 0.249 e. The lowest BCUT2D eigenvalue weighted by Gasteiger charge is -2.18. The molecule has 112 valence electrons. The van der Waals surface area contributed by atoms with E-state index in [1.165, 1.54) is 0 Å². The third-order valence-electron chi connectivity index (χ3n) is 2.91. The summed E-state index contributed by atoms with van der Waals surface area (Å²) in [6.45, 7) is 7.91. The zero-order valence-electron chi connectivity index (χ0n) is 12.9. The van der Waals surface area contributed by atoms with Crippen LogP contribution in [-0.2, 0) is 4.79 Å². The fourth-order valence-electron chi connectivity index (χ4n) is 1.95. The van der Waals surface area contributed by atoms with Crippen LogP contribution in [0.1, 0.15) is 46.0 Å². The number of nitrogens with zero attached hydrogens (tertiary/aromatic N) is 2. The number of carbonyl (C=O) groups is 1. The molecule has 1 aromatic heterocycles. The summed E-state index contributed by atoms with van der Waals surface area (Å²) in [5, 5.41) is 6.83. The van der Waals surface area contributed by atoms with Gasteiger partial charge in [0.1, 0.15) is 6.04 Å². The Morgan fingerprint density at radius 3 is 2.57 bits per heavy atom. The van der Waals surface area contributed by atoms with E-state index >= 15 is 0 Å². The van der Waals surface area contributed by atoms with E-state index in [0.29, 0.717) is 18.1 Å². The van der Waals surface area contributed by atoms with Crippen LogP contribution >= 0.6 is 0 Å². The van der Waals surface area contributed by atoms with Gasteiger partial charge in [0, 0.05) is 12.0 Å². The lowest BCUT2D eigenvalue weighted by molar-refractivity contribution is -0.123. The molecule has 1 heterocycles. The van der Waals surface area contributed by atoms with Gasteiger partial charge < -0.3 is 9.84 Å². The molecule has 2 aromatic rings. The van der Waals surface area contributed by atoms with Gasteiger partial charge in [-0.2, -0.15) is 4.98 Å². The second-order valence-electron chi connectivity index (χ2n) is 6.35. The van der Waals surface area contributed by atoms with E-state index in [2.05, 4.69) is 15.5 Å². The van der Waals surface area contributed by atoms with E-state index in [4.69, 9.17) is 4.52 Å². The van der Waals surface area contributed by atoms with Crippen molar-refractivity contribution in [2.45, 2.75) is 40.2 Å². The topological polar surface area (TPSA) is 68.0 Å². The summed E-state index contributed by atoms with van der Waals surface area (Å²) >= 11 is 0. The minimum absolute atomic E-state index is 0.0190. The summed E-state index contributed by atoms with van der Waals surface area (Å²) in [6.07, 6.45) is 0.455. The van der Waals surface area contributed by atoms with Crippen molar-refractivity contribution >= 4 is 5.91 Å². The average molecular weight is 287 g/mol. The van der Waals surface area contributed by atoms with Crippen molar-refractivity contribution in [3.8, 4) is 11.4 Å². The minimum Gasteiger partial charge on any atom is -0.345 e. The lowest BCUT2D eigenvalue weighted by Crippen LogP contribution is -2.30. The number of rotatable bonds is 4. The lowest BCUT2D eigenvalue weighted by atomic mass is 9.92. The molecule has 5 nitrogen and oxygen atoms in total. The maximum absolute atomic E-state index is 11.9. The summed E-state index contributed by atoms with van der Waals surface area (Å²) in [6, 6.07) is 9.29. The van der Waals surface area contributed by atoms with Crippen molar-refractivity contribution in [1.29, 1.82) is 0 Å². The predicted octanol–water partition coefficient (Wildman–Crippen LogP) is 3.35. The van der Waals surface area contributed by atoms with Gasteiger partial charge in [-0.05, 0) is 12.3 Å². The van der Waals surface area contributed by atoms with Gasteiger partial charge in [-0.15, -0.1) is 0 Å². The Kier molecular flexibility index (Phi) is 4.40. The van der Waals surface area contributed by atoms with Crippen molar-refractivity contribution in [2.75, 3.05) is 0 Å². The first-order valence-electron chi connectivity index (χ1n) is 7.03. The van der Waals surface area contributed by atoms with Crippen molar-refractivity contribution in [1.82, 2.24) is 15.5 Å². The number of carbonyl (C=O) groups excluding carboxylic acids is 1. The van der Waals surface area contributed by atoms with E-state index < -0.39 is 0 Å². The van der Waals surface area contributed by atoms with Crippen LogP contribution < -0.4 is 5.32 Å². The molecular weight excluding hydrogens is 266 g/mol. The van der Waals surface area contributed by atoms with Gasteiger partial charge in [-0.25, -0.2) is 0 Å². The van der Waals surface area contributed by atoms with Gasteiger partial charge in [0.2, 0.25) is 17.6 Å². The fraction of sp³-hybridized carbons (Fsp3) is 0.438. The molecular formula is C16H21N3O2. The van der Waals surface area contributed by atoms with Gasteiger partial charge in [-0.3, -0.25) is 4.79 Å². The molecule has 21 heavy (non-hydrogen) atoms.